The smallest absolute Gasteiger partial charge is 0.333 e. The quantitative estimate of drug-likeness (QED) is 0.237. The molecule has 0 radical (unpaired) electrons. The maximum Gasteiger partial charge on any atom is 0.333 e. The highest BCUT2D eigenvalue weighted by atomic mass is 32.2. The van der Waals surface area contributed by atoms with E-state index >= 15 is 0 Å². The number of nitrogens with one attached hydrogen (secondary N) is 1. The number of carboxylic acid groups (broad SMARTS) is 1. The predicted octanol–water partition coefficient (Wildman–Crippen LogP) is -0.738. The molecule has 0 saturated heterocycles. The van der Waals surface area contributed by atoms with E-state index in [1.54, 1.807) is 0 Å². The highest BCUT2D eigenvalue weighted by Crippen LogP contribution is 2.30. The molecule has 25 heavy (non-hydrogen) atoms. The van der Waals surface area contributed by atoms with Crippen molar-refractivity contribution in [3.63, 3.8) is 0 Å². The summed E-state index contributed by atoms with van der Waals surface area (Å²) < 4.78 is 33.9. The molecule has 0 fully saturated rings. The molecule has 1 amide bonds. The van der Waals surface area contributed by atoms with Crippen LogP contribution < -0.4 is 5.32 Å². The Morgan fingerprint density at radius 3 is 2.20 bits per heavy atom. The highest BCUT2D eigenvalue weighted by Gasteiger charge is 2.44. The molecule has 1 unspecified atom stereocenters. The minimum atomic E-state index is -4.12. The Morgan fingerprint density at radius 2 is 1.76 bits per heavy atom. The number of esters is 1. The van der Waals surface area contributed by atoms with E-state index in [0.29, 0.717) is 0 Å². The van der Waals surface area contributed by atoms with Crippen molar-refractivity contribution >= 4 is 28.0 Å². The lowest BCUT2D eigenvalue weighted by molar-refractivity contribution is -0.161. The van der Waals surface area contributed by atoms with E-state index in [2.05, 4.69) is 5.32 Å². The number of carbonyl (C=O) groups excluding carboxylic acids is 2. The number of aliphatic hydroxyl groups excluding tert-OH is 1. The monoisotopic (exact) mass is 383 g/mol. The Bertz CT molecular complexity index is 585. The van der Waals surface area contributed by atoms with Crippen LogP contribution in [-0.4, -0.2) is 67.6 Å². The zero-order valence-electron chi connectivity index (χ0n) is 14.6. The standard InChI is InChI=1S/C14H25NO9S/c1-9(16)15-6-5-7-25(21,22)24-11(8-23-10(2)17)14(3,4)12(18)13(19)20/h11-12,18H,5-8H2,1-4H3,(H,15,16)(H,19,20)/t11?,12-/m0/s1. The van der Waals surface area contributed by atoms with Gasteiger partial charge < -0.3 is 20.3 Å². The third-order valence-corrected chi connectivity index (χ3v) is 4.73. The molecule has 3 N–H and O–H groups in total. The van der Waals surface area contributed by atoms with Gasteiger partial charge in [-0.25, -0.2) is 4.79 Å². The van der Waals surface area contributed by atoms with Crippen LogP contribution in [0.4, 0.5) is 0 Å². The first-order valence-electron chi connectivity index (χ1n) is 7.49. The summed E-state index contributed by atoms with van der Waals surface area (Å²) in [5.41, 5.74) is -1.56. The van der Waals surface area contributed by atoms with Crippen LogP contribution in [0.25, 0.3) is 0 Å². The van der Waals surface area contributed by atoms with E-state index in [1.165, 1.54) is 20.8 Å². The van der Waals surface area contributed by atoms with Gasteiger partial charge in [0.05, 0.1) is 5.75 Å². The molecule has 0 aliphatic heterocycles. The lowest BCUT2D eigenvalue weighted by atomic mass is 9.81. The van der Waals surface area contributed by atoms with E-state index in [-0.39, 0.29) is 18.9 Å². The van der Waals surface area contributed by atoms with Gasteiger partial charge in [0.1, 0.15) is 12.7 Å². The Hall–Kier alpha value is -1.72. The summed E-state index contributed by atoms with van der Waals surface area (Å²) in [6.07, 6.45) is -3.28. The van der Waals surface area contributed by atoms with E-state index < -0.39 is 52.0 Å². The number of amides is 1. The van der Waals surface area contributed by atoms with E-state index in [1.807, 2.05) is 0 Å². The second kappa shape index (κ2) is 9.68. The van der Waals surface area contributed by atoms with Gasteiger partial charge in [-0.2, -0.15) is 8.42 Å². The van der Waals surface area contributed by atoms with Crippen LogP contribution in [0.2, 0.25) is 0 Å². The Kier molecular flexibility index (Phi) is 9.02. The maximum absolute atomic E-state index is 12.1. The van der Waals surface area contributed by atoms with Gasteiger partial charge >= 0.3 is 11.9 Å². The lowest BCUT2D eigenvalue weighted by Gasteiger charge is -2.35. The Balaban J connectivity index is 5.12. The SMILES string of the molecule is CC(=O)NCCCS(=O)(=O)OC(COC(C)=O)C(C)(C)[C@@H](O)C(=O)O. The summed E-state index contributed by atoms with van der Waals surface area (Å²) in [6.45, 7) is 4.53. The van der Waals surface area contributed by atoms with Crippen LogP contribution in [0.3, 0.4) is 0 Å². The fourth-order valence-electron chi connectivity index (χ4n) is 1.79. The zero-order chi connectivity index (χ0) is 19.8. The molecule has 0 saturated carbocycles. The van der Waals surface area contributed by atoms with Crippen molar-refractivity contribution in [3.05, 3.63) is 0 Å². The first kappa shape index (κ1) is 23.3. The second-order valence-electron chi connectivity index (χ2n) is 6.05. The minimum Gasteiger partial charge on any atom is -0.479 e. The Morgan fingerprint density at radius 1 is 1.20 bits per heavy atom. The van der Waals surface area contributed by atoms with E-state index in [9.17, 15) is 27.9 Å². The molecule has 0 aromatic rings. The van der Waals surface area contributed by atoms with Crippen LogP contribution in [0, 0.1) is 5.41 Å². The first-order chi connectivity index (χ1) is 11.3. The predicted molar refractivity (Wildman–Crippen MR) is 86.0 cm³/mol. The molecule has 0 spiro atoms. The molecule has 2 atom stereocenters. The second-order valence-corrected chi connectivity index (χ2v) is 7.76. The van der Waals surface area contributed by atoms with E-state index in [4.69, 9.17) is 14.0 Å². The fourth-order valence-corrected chi connectivity index (χ4v) is 3.04. The van der Waals surface area contributed by atoms with Crippen molar-refractivity contribution in [1.29, 1.82) is 0 Å². The average molecular weight is 383 g/mol. The van der Waals surface area contributed by atoms with Crippen molar-refractivity contribution in [1.82, 2.24) is 5.32 Å². The normalized spacial score (nSPS) is 14.4. The molecule has 10 nitrogen and oxygen atoms in total. The van der Waals surface area contributed by atoms with Gasteiger partial charge in [0.15, 0.2) is 6.10 Å². The van der Waals surface area contributed by atoms with Crippen molar-refractivity contribution in [3.8, 4) is 0 Å². The summed E-state index contributed by atoms with van der Waals surface area (Å²) >= 11 is 0. The topological polar surface area (TPSA) is 156 Å². The molecular formula is C14H25NO9S. The summed E-state index contributed by atoms with van der Waals surface area (Å²) in [4.78, 5) is 32.7. The van der Waals surface area contributed by atoms with Gasteiger partial charge in [-0.05, 0) is 6.42 Å². The molecule has 0 aliphatic carbocycles. The van der Waals surface area contributed by atoms with Crippen molar-refractivity contribution in [2.45, 2.75) is 46.3 Å². The van der Waals surface area contributed by atoms with Gasteiger partial charge in [0.25, 0.3) is 10.1 Å². The van der Waals surface area contributed by atoms with Crippen molar-refractivity contribution < 1.29 is 41.9 Å². The number of aliphatic hydroxyl groups is 1. The summed E-state index contributed by atoms with van der Waals surface area (Å²) in [6, 6.07) is 0. The highest BCUT2D eigenvalue weighted by molar-refractivity contribution is 7.86. The van der Waals surface area contributed by atoms with E-state index in [0.717, 1.165) is 6.92 Å². The number of aliphatic carboxylic acids is 1. The molecule has 11 heteroatoms. The number of rotatable bonds is 11. The molecular weight excluding hydrogens is 358 g/mol. The van der Waals surface area contributed by atoms with Crippen molar-refractivity contribution in [2.24, 2.45) is 5.41 Å². The zero-order valence-corrected chi connectivity index (χ0v) is 15.5. The van der Waals surface area contributed by atoms with Gasteiger partial charge in [-0.15, -0.1) is 0 Å². The third-order valence-electron chi connectivity index (χ3n) is 3.41. The van der Waals surface area contributed by atoms with Crippen LogP contribution in [-0.2, 0) is 33.4 Å². The van der Waals surface area contributed by atoms with Crippen LogP contribution in [0.5, 0.6) is 0 Å². The minimum absolute atomic E-state index is 0.0735. The molecule has 0 aliphatic rings. The lowest BCUT2D eigenvalue weighted by Crippen LogP contribution is -2.49. The largest absolute Gasteiger partial charge is 0.479 e. The number of carboxylic acids is 1. The summed E-state index contributed by atoms with van der Waals surface area (Å²) in [5, 5.41) is 21.2. The molecule has 146 valence electrons. The number of carbonyl (C=O) groups is 3. The molecule has 0 aromatic heterocycles. The van der Waals surface area contributed by atoms with Crippen molar-refractivity contribution in [2.75, 3.05) is 18.9 Å². The third kappa shape index (κ3) is 8.79. The van der Waals surface area contributed by atoms with Gasteiger partial charge in [0, 0.05) is 25.8 Å². The number of hydrogen-bond donors (Lipinski definition) is 3. The summed E-state index contributed by atoms with van der Waals surface area (Å²) in [5.74, 6) is -3.03. The number of hydrogen-bond acceptors (Lipinski definition) is 8. The Labute approximate surface area is 146 Å². The maximum atomic E-state index is 12.1. The van der Waals surface area contributed by atoms with Gasteiger partial charge in [-0.1, -0.05) is 13.8 Å². The average Bonchev–Trinajstić information content (AvgIpc) is 2.46. The summed E-state index contributed by atoms with van der Waals surface area (Å²) in [7, 11) is -4.12. The van der Waals surface area contributed by atoms with Crippen LogP contribution in [0.15, 0.2) is 0 Å². The first-order valence-corrected chi connectivity index (χ1v) is 9.07. The van der Waals surface area contributed by atoms with Crippen LogP contribution >= 0.6 is 0 Å². The molecule has 0 bridgehead atoms. The molecule has 0 aromatic carbocycles. The van der Waals surface area contributed by atoms with Crippen LogP contribution in [0.1, 0.15) is 34.1 Å². The fraction of sp³-hybridized carbons (Fsp3) is 0.786. The molecule has 0 rings (SSSR count). The van der Waals surface area contributed by atoms with Gasteiger partial charge in [-0.3, -0.25) is 13.8 Å². The van der Waals surface area contributed by atoms with Gasteiger partial charge in [0.2, 0.25) is 5.91 Å². The molecule has 0 heterocycles. The number of ether oxygens (including phenoxy) is 1.